The molecule has 0 amide bonds. The molecule has 2 rings (SSSR count). The third-order valence-electron chi connectivity index (χ3n) is 2.30. The van der Waals surface area contributed by atoms with Crippen molar-refractivity contribution in [3.05, 3.63) is 10.6 Å². The van der Waals surface area contributed by atoms with E-state index in [1.54, 1.807) is 4.90 Å². The molecular formula is C9H9F3N2O2S. The zero-order valence-electron chi connectivity index (χ0n) is 8.66. The Morgan fingerprint density at radius 3 is 2.47 bits per heavy atom. The first-order valence-electron chi connectivity index (χ1n) is 4.88. The van der Waals surface area contributed by atoms with E-state index in [9.17, 15) is 18.0 Å². The van der Waals surface area contributed by atoms with Crippen molar-refractivity contribution in [3.8, 4) is 0 Å². The van der Waals surface area contributed by atoms with E-state index >= 15 is 0 Å². The van der Waals surface area contributed by atoms with Gasteiger partial charge in [-0.05, 0) is 0 Å². The van der Waals surface area contributed by atoms with E-state index in [4.69, 9.17) is 4.74 Å². The third-order valence-corrected chi connectivity index (χ3v) is 3.34. The van der Waals surface area contributed by atoms with E-state index in [0.717, 1.165) is 11.3 Å². The molecule has 17 heavy (non-hydrogen) atoms. The molecule has 1 aliphatic heterocycles. The molecule has 0 atom stereocenters. The van der Waals surface area contributed by atoms with Crippen LogP contribution in [0.1, 0.15) is 15.4 Å². The lowest BCUT2D eigenvalue weighted by Crippen LogP contribution is -2.36. The number of nitrogens with zero attached hydrogens (tertiary/aromatic N) is 2. The second-order valence-electron chi connectivity index (χ2n) is 3.42. The summed E-state index contributed by atoms with van der Waals surface area (Å²) in [5.74, 6) is 0. The second-order valence-corrected chi connectivity index (χ2v) is 4.43. The number of halogens is 3. The number of rotatable bonds is 2. The Hall–Kier alpha value is -1.15. The maximum Gasteiger partial charge on any atom is 0.434 e. The molecule has 94 valence electrons. The molecule has 0 unspecified atom stereocenters. The summed E-state index contributed by atoms with van der Waals surface area (Å²) >= 11 is 0.764. The van der Waals surface area contributed by atoms with E-state index in [-0.39, 0.29) is 16.3 Å². The highest BCUT2D eigenvalue weighted by Gasteiger charge is 2.38. The molecule has 0 aromatic carbocycles. The fraction of sp³-hybridized carbons (Fsp3) is 0.556. The Balaban J connectivity index is 2.30. The maximum absolute atomic E-state index is 12.6. The number of aromatic nitrogens is 1. The predicted octanol–water partition coefficient (Wildman–Crippen LogP) is 1.81. The van der Waals surface area contributed by atoms with Crippen molar-refractivity contribution in [2.75, 3.05) is 31.2 Å². The van der Waals surface area contributed by atoms with Crippen LogP contribution in [0.15, 0.2) is 0 Å². The quantitative estimate of drug-likeness (QED) is 0.766. The number of anilines is 1. The summed E-state index contributed by atoms with van der Waals surface area (Å²) in [5, 5.41) is 0.225. The highest BCUT2D eigenvalue weighted by molar-refractivity contribution is 7.17. The van der Waals surface area contributed by atoms with Crippen molar-refractivity contribution in [2.24, 2.45) is 0 Å². The monoisotopic (exact) mass is 266 g/mol. The van der Waals surface area contributed by atoms with Gasteiger partial charge in [0.2, 0.25) is 0 Å². The van der Waals surface area contributed by atoms with Gasteiger partial charge in [-0.15, -0.1) is 0 Å². The van der Waals surface area contributed by atoms with Gasteiger partial charge in [0.15, 0.2) is 17.1 Å². The van der Waals surface area contributed by atoms with Gasteiger partial charge in [-0.1, -0.05) is 11.3 Å². The first kappa shape index (κ1) is 12.3. The van der Waals surface area contributed by atoms with E-state index in [1.165, 1.54) is 0 Å². The molecule has 1 fully saturated rings. The van der Waals surface area contributed by atoms with Crippen molar-refractivity contribution in [3.63, 3.8) is 0 Å². The first-order valence-corrected chi connectivity index (χ1v) is 5.70. The number of carbonyl (C=O) groups is 1. The van der Waals surface area contributed by atoms with Crippen LogP contribution < -0.4 is 4.90 Å². The van der Waals surface area contributed by atoms with Crippen LogP contribution in [-0.2, 0) is 10.9 Å². The van der Waals surface area contributed by atoms with Crippen molar-refractivity contribution < 1.29 is 22.7 Å². The lowest BCUT2D eigenvalue weighted by molar-refractivity contribution is -0.140. The molecular weight excluding hydrogens is 257 g/mol. The minimum atomic E-state index is -4.59. The molecule has 0 aliphatic carbocycles. The van der Waals surface area contributed by atoms with E-state index < -0.39 is 11.9 Å². The Bertz CT molecular complexity index is 413. The van der Waals surface area contributed by atoms with E-state index in [2.05, 4.69) is 4.98 Å². The van der Waals surface area contributed by atoms with Crippen LogP contribution in [0, 0.1) is 0 Å². The lowest BCUT2D eigenvalue weighted by atomic mass is 10.4. The summed E-state index contributed by atoms with van der Waals surface area (Å²) in [5.41, 5.74) is -1.10. The van der Waals surface area contributed by atoms with Crippen LogP contribution in [0.3, 0.4) is 0 Å². The Morgan fingerprint density at radius 1 is 1.35 bits per heavy atom. The summed E-state index contributed by atoms with van der Waals surface area (Å²) in [6.45, 7) is 1.89. The van der Waals surface area contributed by atoms with Gasteiger partial charge in [0.25, 0.3) is 0 Å². The van der Waals surface area contributed by atoms with Gasteiger partial charge in [0.05, 0.1) is 13.2 Å². The molecule has 0 spiro atoms. The highest BCUT2D eigenvalue weighted by atomic mass is 32.1. The first-order chi connectivity index (χ1) is 8.02. The zero-order valence-corrected chi connectivity index (χ0v) is 9.48. The Labute approximate surface area is 99.0 Å². The summed E-state index contributed by atoms with van der Waals surface area (Å²) in [7, 11) is 0. The van der Waals surface area contributed by atoms with Gasteiger partial charge in [-0.2, -0.15) is 13.2 Å². The van der Waals surface area contributed by atoms with Gasteiger partial charge >= 0.3 is 6.18 Å². The molecule has 1 aromatic rings. The topological polar surface area (TPSA) is 42.4 Å². The molecule has 0 bridgehead atoms. The fourth-order valence-electron chi connectivity index (χ4n) is 1.49. The molecule has 1 aliphatic rings. The number of thiazole rings is 1. The normalized spacial score (nSPS) is 17.2. The summed E-state index contributed by atoms with van der Waals surface area (Å²) < 4.78 is 42.8. The lowest BCUT2D eigenvalue weighted by Gasteiger charge is -2.26. The molecule has 2 heterocycles. The number of morpholine rings is 1. The van der Waals surface area contributed by atoms with Crippen LogP contribution in [-0.4, -0.2) is 37.6 Å². The van der Waals surface area contributed by atoms with Crippen molar-refractivity contribution >= 4 is 22.8 Å². The number of aldehydes is 1. The molecule has 0 saturated carbocycles. The van der Waals surface area contributed by atoms with Gasteiger partial charge in [0, 0.05) is 13.1 Å². The summed E-state index contributed by atoms with van der Waals surface area (Å²) in [4.78, 5) is 15.4. The minimum absolute atomic E-state index is 0.199. The Morgan fingerprint density at radius 2 is 2.00 bits per heavy atom. The van der Waals surface area contributed by atoms with Crippen molar-refractivity contribution in [1.29, 1.82) is 0 Å². The van der Waals surface area contributed by atoms with Crippen LogP contribution >= 0.6 is 11.3 Å². The SMILES string of the molecule is O=Cc1sc(N2CCOCC2)nc1C(F)(F)F. The molecule has 4 nitrogen and oxygen atoms in total. The van der Waals surface area contributed by atoms with Gasteiger partial charge in [-0.3, -0.25) is 4.79 Å². The minimum Gasteiger partial charge on any atom is -0.378 e. The predicted molar refractivity (Wildman–Crippen MR) is 55.5 cm³/mol. The number of carbonyl (C=O) groups excluding carboxylic acids is 1. The van der Waals surface area contributed by atoms with Crippen LogP contribution in [0.2, 0.25) is 0 Å². The van der Waals surface area contributed by atoms with Gasteiger partial charge in [-0.25, -0.2) is 4.98 Å². The summed E-state index contributed by atoms with van der Waals surface area (Å²) in [6.07, 6.45) is -4.39. The molecule has 0 radical (unpaired) electrons. The maximum atomic E-state index is 12.6. The largest absolute Gasteiger partial charge is 0.434 e. The average Bonchev–Trinajstić information content (AvgIpc) is 2.74. The molecule has 1 saturated heterocycles. The van der Waals surface area contributed by atoms with Crippen LogP contribution in [0.25, 0.3) is 0 Å². The van der Waals surface area contributed by atoms with Gasteiger partial charge < -0.3 is 9.64 Å². The number of alkyl halides is 3. The van der Waals surface area contributed by atoms with Gasteiger partial charge in [0.1, 0.15) is 4.88 Å². The third kappa shape index (κ3) is 2.58. The number of ether oxygens (including phenoxy) is 1. The smallest absolute Gasteiger partial charge is 0.378 e. The fourth-order valence-corrected chi connectivity index (χ4v) is 2.44. The molecule has 0 N–H and O–H groups in total. The Kier molecular flexibility index (Phi) is 3.34. The van der Waals surface area contributed by atoms with E-state index in [0.29, 0.717) is 26.3 Å². The van der Waals surface area contributed by atoms with Crippen molar-refractivity contribution in [2.45, 2.75) is 6.18 Å². The number of hydrogen-bond donors (Lipinski definition) is 0. The highest BCUT2D eigenvalue weighted by Crippen LogP contribution is 2.36. The van der Waals surface area contributed by atoms with Crippen LogP contribution in [0.4, 0.5) is 18.3 Å². The molecule has 1 aromatic heterocycles. The van der Waals surface area contributed by atoms with E-state index in [1.807, 2.05) is 0 Å². The zero-order chi connectivity index (χ0) is 12.5. The number of hydrogen-bond acceptors (Lipinski definition) is 5. The van der Waals surface area contributed by atoms with Crippen molar-refractivity contribution in [1.82, 2.24) is 4.98 Å². The second kappa shape index (κ2) is 4.61. The van der Waals surface area contributed by atoms with Crippen LogP contribution in [0.5, 0.6) is 0 Å². The molecule has 8 heteroatoms. The average molecular weight is 266 g/mol. The standard InChI is InChI=1S/C9H9F3N2O2S/c10-9(11,12)7-6(5-15)17-8(13-7)14-1-3-16-4-2-14/h5H,1-4H2. The summed E-state index contributed by atoms with van der Waals surface area (Å²) in [6, 6.07) is 0.